The zero-order valence-corrected chi connectivity index (χ0v) is 18.4. The van der Waals surface area contributed by atoms with Gasteiger partial charge in [-0.05, 0) is 35.7 Å². The van der Waals surface area contributed by atoms with E-state index in [0.717, 1.165) is 27.8 Å². The molecular formula is C25H27N5O2. The monoisotopic (exact) mass is 429 g/mol. The molecule has 7 heteroatoms. The van der Waals surface area contributed by atoms with Gasteiger partial charge < -0.3 is 15.6 Å². The van der Waals surface area contributed by atoms with Gasteiger partial charge in [-0.2, -0.15) is 5.10 Å². The summed E-state index contributed by atoms with van der Waals surface area (Å²) in [5.41, 5.74) is 3.96. The number of amides is 2. The number of likely N-dealkylation sites (N-methyl/N-ethyl adjacent to an activating group) is 1. The molecule has 4 aromatic rings. The standard InChI is InChI=1S/C25H27N5O2/c1-16(2)21-14-23(30(29-21)18-9-5-4-6-10-18)25(32)28-22(24(31)26-3)13-17-15-27-20-12-8-7-11-19(17)20/h4-12,14-16,22,27H,13H2,1-3H3,(H,26,31)(H,28,32)/t22-/m0/s1. The van der Waals surface area contributed by atoms with E-state index in [1.807, 2.05) is 74.6 Å². The second kappa shape index (κ2) is 9.09. The smallest absolute Gasteiger partial charge is 0.270 e. The second-order valence-corrected chi connectivity index (χ2v) is 8.06. The maximum atomic E-state index is 13.3. The molecule has 7 nitrogen and oxygen atoms in total. The number of hydrogen-bond donors (Lipinski definition) is 3. The third kappa shape index (κ3) is 4.27. The Bertz CT molecular complexity index is 1240. The summed E-state index contributed by atoms with van der Waals surface area (Å²) >= 11 is 0. The summed E-state index contributed by atoms with van der Waals surface area (Å²) in [7, 11) is 1.57. The lowest BCUT2D eigenvalue weighted by molar-refractivity contribution is -0.122. The zero-order valence-electron chi connectivity index (χ0n) is 18.4. The van der Waals surface area contributed by atoms with Gasteiger partial charge >= 0.3 is 0 Å². The van der Waals surface area contributed by atoms with Gasteiger partial charge in [0.1, 0.15) is 11.7 Å². The van der Waals surface area contributed by atoms with Crippen molar-refractivity contribution in [3.8, 4) is 5.69 Å². The Kier molecular flexibility index (Phi) is 6.07. The number of hydrogen-bond acceptors (Lipinski definition) is 3. The molecule has 2 aromatic carbocycles. The minimum absolute atomic E-state index is 0.160. The van der Waals surface area contributed by atoms with Crippen LogP contribution in [0.3, 0.4) is 0 Å². The molecule has 0 saturated heterocycles. The van der Waals surface area contributed by atoms with Crippen molar-refractivity contribution in [1.29, 1.82) is 0 Å². The number of fused-ring (bicyclic) bond motifs is 1. The average Bonchev–Trinajstić information content (AvgIpc) is 3.44. The van der Waals surface area contributed by atoms with Crippen LogP contribution in [0.1, 0.15) is 41.5 Å². The highest BCUT2D eigenvalue weighted by atomic mass is 16.2. The summed E-state index contributed by atoms with van der Waals surface area (Å²) in [6, 6.07) is 18.5. The van der Waals surface area contributed by atoms with E-state index >= 15 is 0 Å². The molecule has 0 radical (unpaired) electrons. The first kappa shape index (κ1) is 21.4. The number of carbonyl (C=O) groups excluding carboxylic acids is 2. The van der Waals surface area contributed by atoms with Crippen molar-refractivity contribution in [2.45, 2.75) is 32.2 Å². The van der Waals surface area contributed by atoms with Crippen LogP contribution < -0.4 is 10.6 Å². The predicted octanol–water partition coefficient (Wildman–Crippen LogP) is 3.56. The molecule has 32 heavy (non-hydrogen) atoms. The minimum atomic E-state index is -0.728. The summed E-state index contributed by atoms with van der Waals surface area (Å²) in [6.45, 7) is 4.06. The number of nitrogens with zero attached hydrogens (tertiary/aromatic N) is 2. The first-order chi connectivity index (χ1) is 15.5. The van der Waals surface area contributed by atoms with Crippen molar-refractivity contribution in [1.82, 2.24) is 25.4 Å². The van der Waals surface area contributed by atoms with Gasteiger partial charge in [0.2, 0.25) is 5.91 Å². The normalized spacial score (nSPS) is 12.1. The Morgan fingerprint density at radius 3 is 2.50 bits per heavy atom. The molecule has 4 rings (SSSR count). The van der Waals surface area contributed by atoms with Crippen LogP contribution in [0.2, 0.25) is 0 Å². The van der Waals surface area contributed by atoms with Gasteiger partial charge in [0.05, 0.1) is 11.4 Å². The van der Waals surface area contributed by atoms with E-state index < -0.39 is 6.04 Å². The van der Waals surface area contributed by atoms with Crippen molar-refractivity contribution >= 4 is 22.7 Å². The van der Waals surface area contributed by atoms with Crippen LogP contribution in [0, 0.1) is 0 Å². The van der Waals surface area contributed by atoms with Gasteiger partial charge in [-0.15, -0.1) is 0 Å². The van der Waals surface area contributed by atoms with Crippen LogP contribution in [0.15, 0.2) is 66.9 Å². The number of aromatic nitrogens is 3. The lowest BCUT2D eigenvalue weighted by Gasteiger charge is -2.17. The molecule has 1 atom stereocenters. The van der Waals surface area contributed by atoms with Gasteiger partial charge in [0, 0.05) is 30.6 Å². The van der Waals surface area contributed by atoms with Crippen LogP contribution in [0.25, 0.3) is 16.6 Å². The van der Waals surface area contributed by atoms with Crippen LogP contribution in [0.4, 0.5) is 0 Å². The maximum absolute atomic E-state index is 13.3. The summed E-state index contributed by atoms with van der Waals surface area (Å²) in [5.74, 6) is -0.437. The summed E-state index contributed by atoms with van der Waals surface area (Å²) in [4.78, 5) is 29.2. The van der Waals surface area contributed by atoms with Gasteiger partial charge in [-0.25, -0.2) is 4.68 Å². The molecule has 0 unspecified atom stereocenters. The van der Waals surface area contributed by atoms with E-state index in [1.165, 1.54) is 0 Å². The van der Waals surface area contributed by atoms with Crippen LogP contribution in [-0.4, -0.2) is 39.7 Å². The lowest BCUT2D eigenvalue weighted by Crippen LogP contribution is -2.47. The van der Waals surface area contributed by atoms with Gasteiger partial charge in [0.25, 0.3) is 5.91 Å². The molecule has 3 N–H and O–H groups in total. The average molecular weight is 430 g/mol. The number of aromatic amines is 1. The fraction of sp³-hybridized carbons (Fsp3) is 0.240. The number of benzene rings is 2. The molecular weight excluding hydrogens is 402 g/mol. The molecule has 0 saturated carbocycles. The van der Waals surface area contributed by atoms with Crippen molar-refractivity contribution < 1.29 is 9.59 Å². The van der Waals surface area contributed by atoms with E-state index in [0.29, 0.717) is 12.1 Å². The summed E-state index contributed by atoms with van der Waals surface area (Å²) < 4.78 is 1.64. The molecule has 0 aliphatic rings. The van der Waals surface area contributed by atoms with Crippen molar-refractivity contribution in [3.63, 3.8) is 0 Å². The number of carbonyl (C=O) groups is 2. The van der Waals surface area contributed by atoms with Crippen molar-refractivity contribution in [2.75, 3.05) is 7.05 Å². The third-order valence-electron chi connectivity index (χ3n) is 5.52. The maximum Gasteiger partial charge on any atom is 0.270 e. The fourth-order valence-electron chi connectivity index (χ4n) is 3.75. The highest BCUT2D eigenvalue weighted by Crippen LogP contribution is 2.21. The number of rotatable bonds is 7. The highest BCUT2D eigenvalue weighted by molar-refractivity contribution is 5.97. The number of H-pyrrole nitrogens is 1. The molecule has 0 aliphatic heterocycles. The minimum Gasteiger partial charge on any atom is -0.361 e. The molecule has 2 aromatic heterocycles. The van der Waals surface area contributed by atoms with E-state index in [4.69, 9.17) is 0 Å². The lowest BCUT2D eigenvalue weighted by atomic mass is 10.0. The van der Waals surface area contributed by atoms with Gasteiger partial charge in [0.15, 0.2) is 0 Å². The Balaban J connectivity index is 1.65. The Morgan fingerprint density at radius 2 is 1.78 bits per heavy atom. The molecule has 164 valence electrons. The van der Waals surface area contributed by atoms with E-state index in [9.17, 15) is 9.59 Å². The molecule has 2 amide bonds. The molecule has 0 aliphatic carbocycles. The zero-order chi connectivity index (χ0) is 22.7. The quantitative estimate of drug-likeness (QED) is 0.419. The summed E-state index contributed by atoms with van der Waals surface area (Å²) in [6.07, 6.45) is 2.25. The number of para-hydroxylation sites is 2. The second-order valence-electron chi connectivity index (χ2n) is 8.06. The molecule has 0 bridgehead atoms. The molecule has 0 spiro atoms. The summed E-state index contributed by atoms with van der Waals surface area (Å²) in [5, 5.41) is 11.3. The van der Waals surface area contributed by atoms with Crippen molar-refractivity contribution in [3.05, 3.63) is 83.8 Å². The van der Waals surface area contributed by atoms with Crippen LogP contribution >= 0.6 is 0 Å². The van der Waals surface area contributed by atoms with Crippen LogP contribution in [-0.2, 0) is 11.2 Å². The number of nitrogens with one attached hydrogen (secondary N) is 3. The Labute approximate surface area is 186 Å². The predicted molar refractivity (Wildman–Crippen MR) is 125 cm³/mol. The topological polar surface area (TPSA) is 91.8 Å². The third-order valence-corrected chi connectivity index (χ3v) is 5.52. The van der Waals surface area contributed by atoms with Gasteiger partial charge in [-0.1, -0.05) is 50.2 Å². The largest absolute Gasteiger partial charge is 0.361 e. The first-order valence-corrected chi connectivity index (χ1v) is 10.7. The van der Waals surface area contributed by atoms with E-state index in [-0.39, 0.29) is 17.7 Å². The van der Waals surface area contributed by atoms with Crippen LogP contribution in [0.5, 0.6) is 0 Å². The SMILES string of the molecule is CNC(=O)[C@H](Cc1c[nH]c2ccccc12)NC(=O)c1cc(C(C)C)nn1-c1ccccc1. The highest BCUT2D eigenvalue weighted by Gasteiger charge is 2.25. The van der Waals surface area contributed by atoms with E-state index in [1.54, 1.807) is 17.8 Å². The Hall–Kier alpha value is -3.87. The first-order valence-electron chi connectivity index (χ1n) is 10.7. The Morgan fingerprint density at radius 1 is 1.06 bits per heavy atom. The van der Waals surface area contributed by atoms with E-state index in [2.05, 4.69) is 20.7 Å². The van der Waals surface area contributed by atoms with Gasteiger partial charge in [-0.3, -0.25) is 9.59 Å². The fourth-order valence-corrected chi connectivity index (χ4v) is 3.75. The molecule has 0 fully saturated rings. The molecule has 2 heterocycles. The van der Waals surface area contributed by atoms with Crippen molar-refractivity contribution in [2.24, 2.45) is 0 Å².